The molecule has 16 heavy (non-hydrogen) atoms. The van der Waals surface area contributed by atoms with Crippen LogP contribution in [0.3, 0.4) is 0 Å². The van der Waals surface area contributed by atoms with Gasteiger partial charge in [0.05, 0.1) is 19.8 Å². The summed E-state index contributed by atoms with van der Waals surface area (Å²) in [5, 5.41) is 0. The summed E-state index contributed by atoms with van der Waals surface area (Å²) in [6.45, 7) is 8.82. The molecule has 1 saturated heterocycles. The Morgan fingerprint density at radius 3 is 2.69 bits per heavy atom. The lowest BCUT2D eigenvalue weighted by molar-refractivity contribution is -0.282. The molecule has 92 valence electrons. The Morgan fingerprint density at radius 2 is 2.19 bits per heavy atom. The van der Waals surface area contributed by atoms with Gasteiger partial charge in [-0.2, -0.15) is 0 Å². The monoisotopic (exact) mass is 228 g/mol. The van der Waals surface area contributed by atoms with E-state index in [-0.39, 0.29) is 5.97 Å². The highest BCUT2D eigenvalue weighted by Gasteiger charge is 2.42. The van der Waals surface area contributed by atoms with Crippen molar-refractivity contribution in [1.82, 2.24) is 0 Å². The lowest BCUT2D eigenvalue weighted by Crippen LogP contribution is -2.48. The predicted octanol–water partition coefficient (Wildman–Crippen LogP) is 1.89. The van der Waals surface area contributed by atoms with Crippen LogP contribution in [0.25, 0.3) is 0 Å². The average Bonchev–Trinajstić information content (AvgIpc) is 2.27. The van der Waals surface area contributed by atoms with Crippen LogP contribution >= 0.6 is 0 Å². The smallest absolute Gasteiger partial charge is 0.314 e. The van der Waals surface area contributed by atoms with Crippen LogP contribution in [0.2, 0.25) is 0 Å². The summed E-state index contributed by atoms with van der Waals surface area (Å²) < 4.78 is 16.2. The van der Waals surface area contributed by atoms with E-state index in [1.807, 2.05) is 0 Å². The Bertz CT molecular complexity index is 243. The van der Waals surface area contributed by atoms with E-state index >= 15 is 0 Å². The van der Waals surface area contributed by atoms with Gasteiger partial charge in [0, 0.05) is 0 Å². The maximum Gasteiger partial charge on any atom is 0.314 e. The van der Waals surface area contributed by atoms with Crippen molar-refractivity contribution in [2.24, 2.45) is 5.92 Å². The van der Waals surface area contributed by atoms with Crippen LogP contribution in [0.5, 0.6) is 0 Å². The second-order valence-corrected chi connectivity index (χ2v) is 3.90. The van der Waals surface area contributed by atoms with E-state index in [0.29, 0.717) is 26.2 Å². The minimum atomic E-state index is -0.876. The number of rotatable bonds is 5. The van der Waals surface area contributed by atoms with Gasteiger partial charge in [0.15, 0.2) is 5.79 Å². The second-order valence-electron chi connectivity index (χ2n) is 3.90. The van der Waals surface area contributed by atoms with Gasteiger partial charge in [-0.15, -0.1) is 6.58 Å². The number of esters is 1. The third kappa shape index (κ3) is 3.06. The molecule has 1 fully saturated rings. The lowest BCUT2D eigenvalue weighted by atomic mass is 9.95. The highest BCUT2D eigenvalue weighted by atomic mass is 16.7. The van der Waals surface area contributed by atoms with E-state index in [0.717, 1.165) is 6.42 Å². The van der Waals surface area contributed by atoms with Crippen LogP contribution in [0.15, 0.2) is 12.7 Å². The minimum Gasteiger partial charge on any atom is -0.466 e. The van der Waals surface area contributed by atoms with Crippen LogP contribution in [0.4, 0.5) is 0 Å². The van der Waals surface area contributed by atoms with Gasteiger partial charge < -0.3 is 14.2 Å². The van der Waals surface area contributed by atoms with Crippen molar-refractivity contribution >= 4 is 5.97 Å². The zero-order valence-electron chi connectivity index (χ0n) is 10.0. The molecule has 0 aromatic rings. The molecule has 0 aromatic heterocycles. The van der Waals surface area contributed by atoms with Gasteiger partial charge in [0.25, 0.3) is 0 Å². The first-order valence-electron chi connectivity index (χ1n) is 5.69. The quantitative estimate of drug-likeness (QED) is 0.532. The zero-order valence-corrected chi connectivity index (χ0v) is 10.0. The fourth-order valence-electron chi connectivity index (χ4n) is 1.79. The fraction of sp³-hybridized carbons (Fsp3) is 0.750. The molecular weight excluding hydrogens is 208 g/mol. The number of carbonyl (C=O) groups is 1. The maximum absolute atomic E-state index is 11.8. The number of hydrogen-bond acceptors (Lipinski definition) is 4. The Balaban J connectivity index is 2.73. The van der Waals surface area contributed by atoms with Crippen molar-refractivity contribution in [2.75, 3.05) is 19.8 Å². The average molecular weight is 228 g/mol. The SMILES string of the molecule is C=CCC(C(=O)OCC)C1(C)OCCCO1. The van der Waals surface area contributed by atoms with Crippen LogP contribution < -0.4 is 0 Å². The van der Waals surface area contributed by atoms with Crippen molar-refractivity contribution < 1.29 is 19.0 Å². The van der Waals surface area contributed by atoms with Gasteiger partial charge in [-0.3, -0.25) is 4.79 Å². The van der Waals surface area contributed by atoms with E-state index < -0.39 is 11.7 Å². The number of hydrogen-bond donors (Lipinski definition) is 0. The summed E-state index contributed by atoms with van der Waals surface area (Å²) in [5.74, 6) is -1.60. The van der Waals surface area contributed by atoms with Gasteiger partial charge in [-0.25, -0.2) is 0 Å². The molecule has 0 aromatic carbocycles. The molecule has 1 unspecified atom stereocenters. The first-order valence-corrected chi connectivity index (χ1v) is 5.69. The van der Waals surface area contributed by atoms with E-state index in [1.54, 1.807) is 19.9 Å². The van der Waals surface area contributed by atoms with Crippen LogP contribution in [0, 0.1) is 5.92 Å². The normalized spacial score (nSPS) is 21.1. The van der Waals surface area contributed by atoms with E-state index in [1.165, 1.54) is 0 Å². The number of carbonyl (C=O) groups excluding carboxylic acids is 1. The van der Waals surface area contributed by atoms with Gasteiger partial charge in [-0.1, -0.05) is 6.08 Å². The molecule has 4 heteroatoms. The van der Waals surface area contributed by atoms with Crippen LogP contribution in [-0.4, -0.2) is 31.6 Å². The summed E-state index contributed by atoms with van der Waals surface area (Å²) in [4.78, 5) is 11.8. The molecule has 1 rings (SSSR count). The number of ether oxygens (including phenoxy) is 3. The third-order valence-electron chi connectivity index (χ3n) is 2.67. The molecule has 1 aliphatic heterocycles. The lowest BCUT2D eigenvalue weighted by Gasteiger charge is -2.38. The Labute approximate surface area is 96.6 Å². The zero-order chi connectivity index (χ0) is 12.0. The Kier molecular flexibility index (Phi) is 4.96. The molecule has 1 aliphatic rings. The van der Waals surface area contributed by atoms with Crippen molar-refractivity contribution in [3.05, 3.63) is 12.7 Å². The fourth-order valence-corrected chi connectivity index (χ4v) is 1.79. The highest BCUT2D eigenvalue weighted by molar-refractivity contribution is 5.73. The largest absolute Gasteiger partial charge is 0.466 e. The van der Waals surface area contributed by atoms with Crippen molar-refractivity contribution in [3.8, 4) is 0 Å². The minimum absolute atomic E-state index is 0.285. The van der Waals surface area contributed by atoms with Crippen LogP contribution in [0.1, 0.15) is 26.7 Å². The van der Waals surface area contributed by atoms with E-state index in [4.69, 9.17) is 14.2 Å². The molecule has 4 nitrogen and oxygen atoms in total. The van der Waals surface area contributed by atoms with Crippen molar-refractivity contribution in [3.63, 3.8) is 0 Å². The summed E-state index contributed by atoms with van der Waals surface area (Å²) in [6.07, 6.45) is 3.04. The summed E-state index contributed by atoms with van der Waals surface area (Å²) >= 11 is 0. The van der Waals surface area contributed by atoms with E-state index in [2.05, 4.69) is 6.58 Å². The van der Waals surface area contributed by atoms with Gasteiger partial charge in [0.1, 0.15) is 5.92 Å². The molecule has 1 heterocycles. The molecule has 0 aliphatic carbocycles. The topological polar surface area (TPSA) is 44.8 Å². The van der Waals surface area contributed by atoms with Gasteiger partial charge in [-0.05, 0) is 26.7 Å². The molecule has 0 N–H and O–H groups in total. The standard InChI is InChI=1S/C12H20O4/c1-4-7-10(11(13)14-5-2)12(3)15-8-6-9-16-12/h4,10H,1,5-9H2,2-3H3. The second kappa shape index (κ2) is 6.01. The Morgan fingerprint density at radius 1 is 1.56 bits per heavy atom. The molecule has 0 radical (unpaired) electrons. The molecule has 0 bridgehead atoms. The predicted molar refractivity (Wildman–Crippen MR) is 59.9 cm³/mol. The molecule has 0 amide bonds. The van der Waals surface area contributed by atoms with E-state index in [9.17, 15) is 4.79 Å². The van der Waals surface area contributed by atoms with Gasteiger partial charge >= 0.3 is 5.97 Å². The number of allylic oxidation sites excluding steroid dienone is 1. The summed E-state index contributed by atoms with van der Waals surface area (Å²) in [5.41, 5.74) is 0. The van der Waals surface area contributed by atoms with Gasteiger partial charge in [0.2, 0.25) is 0 Å². The molecular formula is C12H20O4. The highest BCUT2D eigenvalue weighted by Crippen LogP contribution is 2.30. The molecule has 0 spiro atoms. The maximum atomic E-state index is 11.8. The first kappa shape index (κ1) is 13.2. The third-order valence-corrected chi connectivity index (χ3v) is 2.67. The summed E-state index contributed by atoms with van der Waals surface area (Å²) in [6, 6.07) is 0. The molecule has 0 saturated carbocycles. The van der Waals surface area contributed by atoms with Crippen molar-refractivity contribution in [2.45, 2.75) is 32.5 Å². The first-order chi connectivity index (χ1) is 7.64. The molecule has 1 atom stereocenters. The summed E-state index contributed by atoms with van der Waals surface area (Å²) in [7, 11) is 0. The Hall–Kier alpha value is -0.870. The van der Waals surface area contributed by atoms with Crippen molar-refractivity contribution in [1.29, 1.82) is 0 Å². The van der Waals surface area contributed by atoms with Crippen LogP contribution in [-0.2, 0) is 19.0 Å².